The van der Waals surface area contributed by atoms with E-state index in [4.69, 9.17) is 0 Å². The minimum atomic E-state index is -4.46. The molecular formula is C12H13F3N2O4S. The highest BCUT2D eigenvalue weighted by Crippen LogP contribution is 2.35. The fourth-order valence-corrected chi connectivity index (χ4v) is 3.90. The van der Waals surface area contributed by atoms with Gasteiger partial charge in [-0.05, 0) is 18.9 Å². The van der Waals surface area contributed by atoms with Gasteiger partial charge in [-0.1, -0.05) is 6.07 Å². The number of halogens is 3. The zero-order valence-corrected chi connectivity index (χ0v) is 12.1. The van der Waals surface area contributed by atoms with Crippen LogP contribution in [0.2, 0.25) is 0 Å². The fourth-order valence-electron chi connectivity index (χ4n) is 2.33. The lowest BCUT2D eigenvalue weighted by Gasteiger charge is -2.32. The Morgan fingerprint density at radius 1 is 1.32 bits per heavy atom. The molecule has 1 heterocycles. The average Bonchev–Trinajstić information content (AvgIpc) is 2.46. The Balaban J connectivity index is 2.30. The van der Waals surface area contributed by atoms with Crippen LogP contribution in [-0.4, -0.2) is 36.9 Å². The molecule has 1 unspecified atom stereocenters. The molecule has 10 heteroatoms. The minimum absolute atomic E-state index is 0.0302. The third kappa shape index (κ3) is 3.38. The first-order valence-electron chi connectivity index (χ1n) is 6.43. The molecule has 0 aromatic heterocycles. The normalized spacial score (nSPS) is 20.8. The summed E-state index contributed by atoms with van der Waals surface area (Å²) in [6, 6.07) is 4.30. The largest absolute Gasteiger partial charge is 0.393 e. The van der Waals surface area contributed by atoms with Crippen molar-refractivity contribution in [3.8, 4) is 0 Å². The lowest BCUT2D eigenvalue weighted by molar-refractivity contribution is -0.385. The number of hydrogen-bond acceptors (Lipinski definition) is 4. The van der Waals surface area contributed by atoms with Gasteiger partial charge in [0.05, 0.1) is 15.7 Å². The predicted molar refractivity (Wildman–Crippen MR) is 70.6 cm³/mol. The van der Waals surface area contributed by atoms with E-state index in [0.717, 1.165) is 22.5 Å². The predicted octanol–water partition coefficient (Wildman–Crippen LogP) is 2.56. The molecule has 1 aromatic rings. The van der Waals surface area contributed by atoms with Crippen molar-refractivity contribution < 1.29 is 26.5 Å². The molecular weight excluding hydrogens is 325 g/mol. The quantitative estimate of drug-likeness (QED) is 0.626. The summed E-state index contributed by atoms with van der Waals surface area (Å²) in [6.45, 7) is -0.688. The van der Waals surface area contributed by atoms with Crippen LogP contribution in [0, 0.1) is 16.0 Å². The number of alkyl halides is 3. The molecule has 0 N–H and O–H groups in total. The number of nitro groups is 1. The van der Waals surface area contributed by atoms with Gasteiger partial charge in [0.15, 0.2) is 0 Å². The highest BCUT2D eigenvalue weighted by Gasteiger charge is 2.44. The van der Waals surface area contributed by atoms with Gasteiger partial charge < -0.3 is 0 Å². The SMILES string of the molecule is O=[N+]([O-])c1cccc(S(=O)(=O)N2CCCC(C(F)(F)F)C2)c1. The maximum atomic E-state index is 12.8. The van der Waals surface area contributed by atoms with Gasteiger partial charge >= 0.3 is 6.18 Å². The van der Waals surface area contributed by atoms with E-state index in [0.29, 0.717) is 0 Å². The molecule has 1 aliphatic rings. The Bertz CT molecular complexity index is 675. The highest BCUT2D eigenvalue weighted by molar-refractivity contribution is 7.89. The van der Waals surface area contributed by atoms with Crippen molar-refractivity contribution in [2.24, 2.45) is 5.92 Å². The number of sulfonamides is 1. The van der Waals surface area contributed by atoms with E-state index in [-0.39, 0.29) is 24.3 Å². The maximum Gasteiger partial charge on any atom is 0.393 e. The molecule has 22 heavy (non-hydrogen) atoms. The van der Waals surface area contributed by atoms with Gasteiger partial charge in [0.1, 0.15) is 0 Å². The highest BCUT2D eigenvalue weighted by atomic mass is 32.2. The molecule has 0 spiro atoms. The molecule has 1 aliphatic heterocycles. The van der Waals surface area contributed by atoms with Gasteiger partial charge in [-0.2, -0.15) is 17.5 Å². The second kappa shape index (κ2) is 5.84. The summed E-state index contributed by atoms with van der Waals surface area (Å²) in [5.41, 5.74) is -0.426. The van der Waals surface area contributed by atoms with Gasteiger partial charge in [-0.25, -0.2) is 8.42 Å². The zero-order chi connectivity index (χ0) is 16.5. The fraction of sp³-hybridized carbons (Fsp3) is 0.500. The number of nitro benzene ring substituents is 1. The van der Waals surface area contributed by atoms with E-state index in [1.807, 2.05) is 0 Å². The van der Waals surface area contributed by atoms with Gasteiger partial charge in [-0.15, -0.1) is 0 Å². The first kappa shape index (κ1) is 16.7. The molecule has 1 aromatic carbocycles. The van der Waals surface area contributed by atoms with Crippen molar-refractivity contribution in [1.82, 2.24) is 4.31 Å². The summed E-state index contributed by atoms with van der Waals surface area (Å²) in [6.07, 6.45) is -4.49. The van der Waals surface area contributed by atoms with Gasteiger partial charge in [-0.3, -0.25) is 10.1 Å². The van der Waals surface area contributed by atoms with Crippen molar-refractivity contribution in [3.63, 3.8) is 0 Å². The minimum Gasteiger partial charge on any atom is -0.258 e. The molecule has 0 saturated carbocycles. The second-order valence-electron chi connectivity index (χ2n) is 5.00. The number of nitrogens with zero attached hydrogens (tertiary/aromatic N) is 2. The monoisotopic (exact) mass is 338 g/mol. The smallest absolute Gasteiger partial charge is 0.258 e. The van der Waals surface area contributed by atoms with Crippen LogP contribution < -0.4 is 0 Å². The van der Waals surface area contributed by atoms with Crippen molar-refractivity contribution in [3.05, 3.63) is 34.4 Å². The molecule has 122 valence electrons. The van der Waals surface area contributed by atoms with Crippen molar-refractivity contribution in [2.75, 3.05) is 13.1 Å². The number of piperidine rings is 1. The lowest BCUT2D eigenvalue weighted by atomic mass is 9.99. The van der Waals surface area contributed by atoms with E-state index < -0.39 is 39.3 Å². The van der Waals surface area contributed by atoms with Crippen molar-refractivity contribution in [2.45, 2.75) is 23.9 Å². The molecule has 0 radical (unpaired) electrons. The van der Waals surface area contributed by atoms with Crippen molar-refractivity contribution >= 4 is 15.7 Å². The van der Waals surface area contributed by atoms with Crippen LogP contribution in [0.1, 0.15) is 12.8 Å². The van der Waals surface area contributed by atoms with E-state index in [1.54, 1.807) is 0 Å². The van der Waals surface area contributed by atoms with Crippen LogP contribution in [0.4, 0.5) is 18.9 Å². The molecule has 1 atom stereocenters. The van der Waals surface area contributed by atoms with E-state index in [2.05, 4.69) is 0 Å². The third-order valence-electron chi connectivity index (χ3n) is 3.51. The molecule has 6 nitrogen and oxygen atoms in total. The average molecular weight is 338 g/mol. The van der Waals surface area contributed by atoms with Crippen LogP contribution in [0.5, 0.6) is 0 Å². The Kier molecular flexibility index (Phi) is 4.43. The Morgan fingerprint density at radius 2 is 2.00 bits per heavy atom. The van der Waals surface area contributed by atoms with Crippen LogP contribution >= 0.6 is 0 Å². The van der Waals surface area contributed by atoms with E-state index in [1.165, 1.54) is 6.07 Å². The van der Waals surface area contributed by atoms with Crippen LogP contribution in [0.3, 0.4) is 0 Å². The Labute approximate surface area is 124 Å². The maximum absolute atomic E-state index is 12.8. The van der Waals surface area contributed by atoms with Gasteiger partial charge in [0.25, 0.3) is 5.69 Å². The van der Waals surface area contributed by atoms with Gasteiger partial charge in [0, 0.05) is 25.2 Å². The Morgan fingerprint density at radius 3 is 2.59 bits per heavy atom. The van der Waals surface area contributed by atoms with E-state index in [9.17, 15) is 31.7 Å². The number of benzene rings is 1. The molecule has 0 aliphatic carbocycles. The molecule has 2 rings (SSSR count). The summed E-state index contributed by atoms with van der Waals surface area (Å²) in [5.74, 6) is -1.71. The molecule has 0 bridgehead atoms. The standard InChI is InChI=1S/C12H13F3N2O4S/c13-12(14,15)9-3-2-6-16(8-9)22(20,21)11-5-1-4-10(7-11)17(18)19/h1,4-5,7,9H,2-3,6,8H2. The number of rotatable bonds is 3. The molecule has 0 amide bonds. The van der Waals surface area contributed by atoms with E-state index >= 15 is 0 Å². The first-order valence-corrected chi connectivity index (χ1v) is 7.87. The Hall–Kier alpha value is -1.68. The molecule has 1 saturated heterocycles. The van der Waals surface area contributed by atoms with Crippen LogP contribution in [0.15, 0.2) is 29.2 Å². The summed E-state index contributed by atoms with van der Waals surface area (Å²) < 4.78 is 63.8. The number of non-ortho nitro benzene ring substituents is 1. The van der Waals surface area contributed by atoms with Gasteiger partial charge in [0.2, 0.25) is 10.0 Å². The summed E-state index contributed by atoms with van der Waals surface area (Å²) in [4.78, 5) is 9.56. The second-order valence-corrected chi connectivity index (χ2v) is 6.94. The topological polar surface area (TPSA) is 80.5 Å². The summed E-state index contributed by atoms with van der Waals surface area (Å²) in [5, 5.41) is 10.7. The summed E-state index contributed by atoms with van der Waals surface area (Å²) in [7, 11) is -4.18. The zero-order valence-electron chi connectivity index (χ0n) is 11.3. The first-order chi connectivity index (χ1) is 10.1. The number of hydrogen-bond donors (Lipinski definition) is 0. The lowest BCUT2D eigenvalue weighted by Crippen LogP contribution is -2.44. The summed E-state index contributed by atoms with van der Waals surface area (Å²) >= 11 is 0. The third-order valence-corrected chi connectivity index (χ3v) is 5.37. The van der Waals surface area contributed by atoms with Crippen LogP contribution in [0.25, 0.3) is 0 Å². The van der Waals surface area contributed by atoms with Crippen molar-refractivity contribution in [1.29, 1.82) is 0 Å². The molecule has 1 fully saturated rings. The van der Waals surface area contributed by atoms with Crippen LogP contribution in [-0.2, 0) is 10.0 Å².